The highest BCUT2D eigenvalue weighted by atomic mass is 16.2. The molecule has 5 heteroatoms. The lowest BCUT2D eigenvalue weighted by Crippen LogP contribution is -2.45. The second-order valence-corrected chi connectivity index (χ2v) is 6.67. The van der Waals surface area contributed by atoms with Crippen LogP contribution >= 0.6 is 0 Å². The molecular weight excluding hydrogens is 266 g/mol. The number of hydrogen-bond acceptors (Lipinski definition) is 3. The molecule has 118 valence electrons. The quantitative estimate of drug-likeness (QED) is 0.778. The minimum absolute atomic E-state index is 0.196. The SMILES string of the molecule is O=C(CN1CCC(C(=O)N2CCCC2)CC1)N1CCCC1. The van der Waals surface area contributed by atoms with E-state index >= 15 is 0 Å². The van der Waals surface area contributed by atoms with Gasteiger partial charge in [-0.05, 0) is 51.6 Å². The largest absolute Gasteiger partial charge is 0.342 e. The maximum atomic E-state index is 12.4. The molecule has 21 heavy (non-hydrogen) atoms. The van der Waals surface area contributed by atoms with Gasteiger partial charge in [0.1, 0.15) is 0 Å². The lowest BCUT2D eigenvalue weighted by molar-refractivity contribution is -0.136. The summed E-state index contributed by atoms with van der Waals surface area (Å²) in [5.74, 6) is 0.830. The number of nitrogens with zero attached hydrogens (tertiary/aromatic N) is 3. The molecule has 0 aromatic heterocycles. The van der Waals surface area contributed by atoms with Crippen LogP contribution in [0.25, 0.3) is 0 Å². The van der Waals surface area contributed by atoms with Crippen molar-refractivity contribution in [3.05, 3.63) is 0 Å². The molecule has 3 aliphatic rings. The Morgan fingerprint density at radius 3 is 1.86 bits per heavy atom. The van der Waals surface area contributed by atoms with Crippen molar-refractivity contribution >= 4 is 11.8 Å². The average Bonchev–Trinajstić information content (AvgIpc) is 3.20. The molecule has 0 aromatic rings. The Morgan fingerprint density at radius 2 is 1.29 bits per heavy atom. The van der Waals surface area contributed by atoms with Crippen molar-refractivity contribution in [2.45, 2.75) is 38.5 Å². The maximum absolute atomic E-state index is 12.4. The predicted octanol–water partition coefficient (Wildman–Crippen LogP) is 0.943. The van der Waals surface area contributed by atoms with Gasteiger partial charge in [0, 0.05) is 32.1 Å². The molecule has 0 unspecified atom stereocenters. The Kier molecular flexibility index (Phi) is 4.78. The number of carbonyl (C=O) groups is 2. The minimum atomic E-state index is 0.196. The zero-order chi connectivity index (χ0) is 14.7. The Labute approximate surface area is 127 Å². The van der Waals surface area contributed by atoms with Crippen molar-refractivity contribution in [1.29, 1.82) is 0 Å². The van der Waals surface area contributed by atoms with Crippen molar-refractivity contribution in [1.82, 2.24) is 14.7 Å². The van der Waals surface area contributed by atoms with Gasteiger partial charge < -0.3 is 9.80 Å². The van der Waals surface area contributed by atoms with Gasteiger partial charge in [0.05, 0.1) is 6.54 Å². The molecule has 3 rings (SSSR count). The van der Waals surface area contributed by atoms with Crippen molar-refractivity contribution < 1.29 is 9.59 Å². The van der Waals surface area contributed by atoms with E-state index in [1.807, 2.05) is 9.80 Å². The standard InChI is InChI=1S/C16H27N3O2/c20-15(18-7-1-2-8-18)13-17-11-5-14(6-12-17)16(21)19-9-3-4-10-19/h14H,1-13H2. The van der Waals surface area contributed by atoms with Crippen LogP contribution < -0.4 is 0 Å². The highest BCUT2D eigenvalue weighted by molar-refractivity contribution is 5.80. The van der Waals surface area contributed by atoms with Gasteiger partial charge in [-0.25, -0.2) is 0 Å². The molecule has 0 bridgehead atoms. The third-order valence-electron chi connectivity index (χ3n) is 5.17. The van der Waals surface area contributed by atoms with Crippen LogP contribution in [-0.2, 0) is 9.59 Å². The monoisotopic (exact) mass is 293 g/mol. The lowest BCUT2D eigenvalue weighted by Gasteiger charge is -2.33. The number of amides is 2. The van der Waals surface area contributed by atoms with Gasteiger partial charge in [-0.2, -0.15) is 0 Å². The second-order valence-electron chi connectivity index (χ2n) is 6.67. The molecule has 0 aliphatic carbocycles. The molecule has 3 saturated heterocycles. The van der Waals surface area contributed by atoms with E-state index in [4.69, 9.17) is 0 Å². The fraction of sp³-hybridized carbons (Fsp3) is 0.875. The first kappa shape index (κ1) is 14.8. The summed E-state index contributed by atoms with van der Waals surface area (Å²) in [6, 6.07) is 0. The molecule has 0 N–H and O–H groups in total. The van der Waals surface area contributed by atoms with Crippen LogP contribution in [0.3, 0.4) is 0 Å². The number of carbonyl (C=O) groups excluding carboxylic acids is 2. The Morgan fingerprint density at radius 1 is 0.762 bits per heavy atom. The third-order valence-corrected chi connectivity index (χ3v) is 5.17. The van der Waals surface area contributed by atoms with Crippen molar-refractivity contribution in [2.24, 2.45) is 5.92 Å². The van der Waals surface area contributed by atoms with E-state index in [1.54, 1.807) is 0 Å². The summed E-state index contributed by atoms with van der Waals surface area (Å²) in [5.41, 5.74) is 0. The summed E-state index contributed by atoms with van der Waals surface area (Å²) in [5, 5.41) is 0. The molecule has 0 radical (unpaired) electrons. The maximum Gasteiger partial charge on any atom is 0.236 e. The van der Waals surface area contributed by atoms with Gasteiger partial charge in [-0.1, -0.05) is 0 Å². The lowest BCUT2D eigenvalue weighted by atomic mass is 9.95. The molecule has 3 heterocycles. The number of rotatable bonds is 3. The van der Waals surface area contributed by atoms with Gasteiger partial charge in [-0.3, -0.25) is 14.5 Å². The highest BCUT2D eigenvalue weighted by Crippen LogP contribution is 2.22. The van der Waals surface area contributed by atoms with Crippen LogP contribution in [0.1, 0.15) is 38.5 Å². The first-order valence-corrected chi connectivity index (χ1v) is 8.53. The van der Waals surface area contributed by atoms with Gasteiger partial charge in [0.2, 0.25) is 11.8 Å². The van der Waals surface area contributed by atoms with Crippen LogP contribution in [0.15, 0.2) is 0 Å². The van der Waals surface area contributed by atoms with Crippen LogP contribution in [0.4, 0.5) is 0 Å². The van der Waals surface area contributed by atoms with Crippen LogP contribution in [0.2, 0.25) is 0 Å². The smallest absolute Gasteiger partial charge is 0.236 e. The Hall–Kier alpha value is -1.10. The van der Waals surface area contributed by atoms with Crippen molar-refractivity contribution in [3.8, 4) is 0 Å². The summed E-state index contributed by atoms with van der Waals surface area (Å²) in [4.78, 5) is 30.8. The number of piperidine rings is 1. The minimum Gasteiger partial charge on any atom is -0.342 e. The van der Waals surface area contributed by atoms with Gasteiger partial charge in [-0.15, -0.1) is 0 Å². The first-order chi connectivity index (χ1) is 10.2. The molecule has 3 aliphatic heterocycles. The molecule has 0 aromatic carbocycles. The number of hydrogen-bond donors (Lipinski definition) is 0. The fourth-order valence-corrected chi connectivity index (χ4v) is 3.79. The van der Waals surface area contributed by atoms with E-state index < -0.39 is 0 Å². The van der Waals surface area contributed by atoms with E-state index in [1.165, 1.54) is 0 Å². The summed E-state index contributed by atoms with van der Waals surface area (Å²) < 4.78 is 0. The van der Waals surface area contributed by atoms with E-state index in [-0.39, 0.29) is 11.8 Å². The zero-order valence-electron chi connectivity index (χ0n) is 12.9. The third kappa shape index (κ3) is 3.57. The van der Waals surface area contributed by atoms with Gasteiger partial charge in [0.15, 0.2) is 0 Å². The van der Waals surface area contributed by atoms with E-state index in [0.717, 1.165) is 77.8 Å². The van der Waals surface area contributed by atoms with Crippen molar-refractivity contribution in [3.63, 3.8) is 0 Å². The molecule has 0 atom stereocenters. The average molecular weight is 293 g/mol. The highest BCUT2D eigenvalue weighted by Gasteiger charge is 2.30. The molecule has 0 spiro atoms. The van der Waals surface area contributed by atoms with E-state index in [9.17, 15) is 9.59 Å². The molecule has 3 fully saturated rings. The van der Waals surface area contributed by atoms with E-state index in [2.05, 4.69) is 4.90 Å². The van der Waals surface area contributed by atoms with Crippen LogP contribution in [0.5, 0.6) is 0 Å². The predicted molar refractivity (Wildman–Crippen MR) is 80.8 cm³/mol. The van der Waals surface area contributed by atoms with E-state index in [0.29, 0.717) is 12.5 Å². The van der Waals surface area contributed by atoms with Crippen molar-refractivity contribution in [2.75, 3.05) is 45.8 Å². The molecule has 2 amide bonds. The Bertz CT molecular complexity index is 379. The Balaban J connectivity index is 1.42. The zero-order valence-corrected chi connectivity index (χ0v) is 12.9. The summed E-state index contributed by atoms with van der Waals surface area (Å²) >= 11 is 0. The fourth-order valence-electron chi connectivity index (χ4n) is 3.79. The van der Waals surface area contributed by atoms with Crippen LogP contribution in [-0.4, -0.2) is 72.3 Å². The normalized spacial score (nSPS) is 24.8. The summed E-state index contributed by atoms with van der Waals surface area (Å²) in [7, 11) is 0. The summed E-state index contributed by atoms with van der Waals surface area (Å²) in [6.07, 6.45) is 6.46. The molecular formula is C16H27N3O2. The molecule has 5 nitrogen and oxygen atoms in total. The summed E-state index contributed by atoms with van der Waals surface area (Å²) in [6.45, 7) is 6.10. The number of likely N-dealkylation sites (tertiary alicyclic amines) is 3. The topological polar surface area (TPSA) is 43.9 Å². The second kappa shape index (κ2) is 6.77. The van der Waals surface area contributed by atoms with Gasteiger partial charge >= 0.3 is 0 Å². The van der Waals surface area contributed by atoms with Crippen LogP contribution in [0, 0.1) is 5.92 Å². The molecule has 0 saturated carbocycles. The first-order valence-electron chi connectivity index (χ1n) is 8.53. The van der Waals surface area contributed by atoms with Gasteiger partial charge in [0.25, 0.3) is 0 Å².